The Bertz CT molecular complexity index is 252. The third-order valence-corrected chi connectivity index (χ3v) is 2.97. The molecule has 2 rings (SSSR count). The molecule has 0 radical (unpaired) electrons. The highest BCUT2D eigenvalue weighted by Crippen LogP contribution is 2.43. The molecule has 2 atom stereocenters. The van der Waals surface area contributed by atoms with E-state index < -0.39 is 5.54 Å². The van der Waals surface area contributed by atoms with Crippen molar-refractivity contribution in [1.82, 2.24) is 0 Å². The maximum Gasteiger partial charge on any atom is 0.336 e. The van der Waals surface area contributed by atoms with Gasteiger partial charge in [-0.05, 0) is 26.2 Å². The van der Waals surface area contributed by atoms with Crippen LogP contribution in [0.4, 0.5) is 0 Å². The minimum Gasteiger partial charge on any atom is -0.464 e. The molecule has 1 aliphatic heterocycles. The molecule has 0 N–H and O–H groups in total. The lowest BCUT2D eigenvalue weighted by molar-refractivity contribution is -0.150. The number of fused-ring (bicyclic) bond motifs is 1. The Balaban J connectivity index is 2.17. The molecule has 2 aliphatic rings. The lowest BCUT2D eigenvalue weighted by atomic mass is 9.89. The fourth-order valence-corrected chi connectivity index (χ4v) is 2.27. The average molecular weight is 182 g/mol. The van der Waals surface area contributed by atoms with Gasteiger partial charge in [0, 0.05) is 5.92 Å². The molecular formula is C9H14N2O2. The van der Waals surface area contributed by atoms with E-state index in [0.29, 0.717) is 19.1 Å². The van der Waals surface area contributed by atoms with Crippen molar-refractivity contribution in [3.05, 3.63) is 0 Å². The normalized spacial score (nSPS) is 36.2. The van der Waals surface area contributed by atoms with Crippen molar-refractivity contribution in [2.24, 2.45) is 16.1 Å². The molecule has 0 saturated heterocycles. The second kappa shape index (κ2) is 3.09. The predicted octanol–water partition coefficient (Wildman–Crippen LogP) is 1.55. The number of rotatable bonds is 2. The Labute approximate surface area is 77.4 Å². The van der Waals surface area contributed by atoms with Gasteiger partial charge in [0.05, 0.1) is 13.2 Å². The van der Waals surface area contributed by atoms with Crippen LogP contribution in [0.5, 0.6) is 0 Å². The summed E-state index contributed by atoms with van der Waals surface area (Å²) in [4.78, 5) is 11.7. The van der Waals surface area contributed by atoms with Crippen molar-refractivity contribution in [3.8, 4) is 0 Å². The van der Waals surface area contributed by atoms with Gasteiger partial charge in [0.2, 0.25) is 0 Å². The van der Waals surface area contributed by atoms with Gasteiger partial charge in [0.1, 0.15) is 0 Å². The highest BCUT2D eigenvalue weighted by molar-refractivity contribution is 5.82. The van der Waals surface area contributed by atoms with Crippen LogP contribution >= 0.6 is 0 Å². The van der Waals surface area contributed by atoms with Gasteiger partial charge in [-0.1, -0.05) is 0 Å². The second-order valence-electron chi connectivity index (χ2n) is 3.66. The maximum absolute atomic E-state index is 11.7. The molecular weight excluding hydrogens is 168 g/mol. The van der Waals surface area contributed by atoms with E-state index >= 15 is 0 Å². The van der Waals surface area contributed by atoms with E-state index in [1.807, 2.05) is 6.92 Å². The lowest BCUT2D eigenvalue weighted by Crippen LogP contribution is -2.39. The number of ether oxygens (including phenoxy) is 1. The number of carbonyl (C=O) groups is 1. The predicted molar refractivity (Wildman–Crippen MR) is 46.4 cm³/mol. The van der Waals surface area contributed by atoms with Gasteiger partial charge in [0.15, 0.2) is 5.54 Å². The monoisotopic (exact) mass is 182 g/mol. The summed E-state index contributed by atoms with van der Waals surface area (Å²) in [6.45, 7) is 2.96. The minimum absolute atomic E-state index is 0.168. The van der Waals surface area contributed by atoms with Crippen LogP contribution in [0.25, 0.3) is 0 Å². The first kappa shape index (κ1) is 8.66. The molecule has 1 heterocycles. The van der Waals surface area contributed by atoms with E-state index in [0.717, 1.165) is 19.3 Å². The van der Waals surface area contributed by atoms with Gasteiger partial charge < -0.3 is 4.74 Å². The Morgan fingerprint density at radius 1 is 1.69 bits per heavy atom. The number of hydrogen-bond acceptors (Lipinski definition) is 4. The third kappa shape index (κ3) is 1.16. The van der Waals surface area contributed by atoms with Crippen LogP contribution in [0.15, 0.2) is 10.2 Å². The van der Waals surface area contributed by atoms with E-state index in [4.69, 9.17) is 4.74 Å². The fraction of sp³-hybridized carbons (Fsp3) is 0.889. The van der Waals surface area contributed by atoms with E-state index in [1.54, 1.807) is 0 Å². The summed E-state index contributed by atoms with van der Waals surface area (Å²) in [6.07, 6.45) is 2.95. The molecule has 4 heteroatoms. The summed E-state index contributed by atoms with van der Waals surface area (Å²) in [5, 5.41) is 8.07. The smallest absolute Gasteiger partial charge is 0.336 e. The largest absolute Gasteiger partial charge is 0.464 e. The number of azo groups is 1. The fourth-order valence-electron chi connectivity index (χ4n) is 2.27. The molecule has 1 aliphatic carbocycles. The number of carbonyl (C=O) groups excluding carboxylic acids is 1. The summed E-state index contributed by atoms with van der Waals surface area (Å²) in [5.41, 5.74) is -0.587. The van der Waals surface area contributed by atoms with Crippen molar-refractivity contribution in [1.29, 1.82) is 0 Å². The van der Waals surface area contributed by atoms with Crippen LogP contribution in [0.3, 0.4) is 0 Å². The van der Waals surface area contributed by atoms with Crippen molar-refractivity contribution in [3.63, 3.8) is 0 Å². The highest BCUT2D eigenvalue weighted by atomic mass is 16.5. The van der Waals surface area contributed by atoms with Crippen molar-refractivity contribution in [2.75, 3.05) is 13.2 Å². The third-order valence-electron chi connectivity index (χ3n) is 2.97. The summed E-state index contributed by atoms with van der Waals surface area (Å²) >= 11 is 0. The van der Waals surface area contributed by atoms with Gasteiger partial charge in [0.25, 0.3) is 0 Å². The van der Waals surface area contributed by atoms with Gasteiger partial charge in [-0.25, -0.2) is 4.79 Å². The molecule has 1 saturated carbocycles. The van der Waals surface area contributed by atoms with E-state index in [1.165, 1.54) is 0 Å². The molecule has 0 unspecified atom stereocenters. The van der Waals surface area contributed by atoms with Crippen molar-refractivity contribution in [2.45, 2.75) is 31.7 Å². The van der Waals surface area contributed by atoms with Crippen LogP contribution in [0.2, 0.25) is 0 Å². The summed E-state index contributed by atoms with van der Waals surface area (Å²) in [6, 6.07) is 0. The summed E-state index contributed by atoms with van der Waals surface area (Å²) < 4.78 is 5.04. The Morgan fingerprint density at radius 2 is 2.54 bits per heavy atom. The van der Waals surface area contributed by atoms with Crippen molar-refractivity contribution < 1.29 is 9.53 Å². The van der Waals surface area contributed by atoms with Crippen LogP contribution in [-0.4, -0.2) is 24.7 Å². The van der Waals surface area contributed by atoms with Gasteiger partial charge in [-0.15, -0.1) is 0 Å². The zero-order valence-electron chi connectivity index (χ0n) is 7.82. The van der Waals surface area contributed by atoms with Crippen LogP contribution in [0.1, 0.15) is 26.2 Å². The van der Waals surface area contributed by atoms with Crippen LogP contribution < -0.4 is 0 Å². The van der Waals surface area contributed by atoms with E-state index in [9.17, 15) is 4.79 Å². The lowest BCUT2D eigenvalue weighted by Gasteiger charge is -2.21. The Hall–Kier alpha value is -0.930. The SMILES string of the molecule is CCOC(=O)[C@]12CCC[C@H]1CN=N2. The number of hydrogen-bond donors (Lipinski definition) is 0. The van der Waals surface area contributed by atoms with Crippen molar-refractivity contribution >= 4 is 5.97 Å². The first-order chi connectivity index (χ1) is 6.29. The quantitative estimate of drug-likeness (QED) is 0.608. The Morgan fingerprint density at radius 3 is 3.31 bits per heavy atom. The molecule has 0 aromatic heterocycles. The van der Waals surface area contributed by atoms with Crippen LogP contribution in [0, 0.1) is 5.92 Å². The molecule has 1 fully saturated rings. The Kier molecular flexibility index (Phi) is 2.06. The standard InChI is InChI=1S/C9H14N2O2/c1-2-13-8(12)9-5-3-4-7(9)6-10-11-9/h7H,2-6H2,1H3/t7-,9-/m0/s1. The summed E-state index contributed by atoms with van der Waals surface area (Å²) in [5.74, 6) is 0.144. The molecule has 72 valence electrons. The molecule has 0 spiro atoms. The molecule has 4 nitrogen and oxygen atoms in total. The average Bonchev–Trinajstić information content (AvgIpc) is 2.61. The highest BCUT2D eigenvalue weighted by Gasteiger charge is 2.53. The molecule has 0 amide bonds. The van der Waals surface area contributed by atoms with Crippen LogP contribution in [-0.2, 0) is 9.53 Å². The number of esters is 1. The number of nitrogens with zero attached hydrogens (tertiary/aromatic N) is 2. The first-order valence-corrected chi connectivity index (χ1v) is 4.85. The van der Waals surface area contributed by atoms with E-state index in [2.05, 4.69) is 10.2 Å². The van der Waals surface area contributed by atoms with Gasteiger partial charge >= 0.3 is 5.97 Å². The zero-order chi connectivity index (χ0) is 9.31. The molecule has 0 aromatic rings. The maximum atomic E-state index is 11.7. The minimum atomic E-state index is -0.587. The summed E-state index contributed by atoms with van der Waals surface area (Å²) in [7, 11) is 0. The zero-order valence-corrected chi connectivity index (χ0v) is 7.82. The molecule has 13 heavy (non-hydrogen) atoms. The topological polar surface area (TPSA) is 51.0 Å². The molecule has 0 bridgehead atoms. The van der Waals surface area contributed by atoms with Gasteiger partial charge in [-0.3, -0.25) is 0 Å². The molecule has 0 aromatic carbocycles. The van der Waals surface area contributed by atoms with E-state index in [-0.39, 0.29) is 5.97 Å². The second-order valence-corrected chi connectivity index (χ2v) is 3.66. The first-order valence-electron chi connectivity index (χ1n) is 4.85. The van der Waals surface area contributed by atoms with Gasteiger partial charge in [-0.2, -0.15) is 10.2 Å².